The first-order valence-electron chi connectivity index (χ1n) is 6.76. The van der Waals surface area contributed by atoms with Crippen LogP contribution in [0.1, 0.15) is 36.4 Å². The summed E-state index contributed by atoms with van der Waals surface area (Å²) in [7, 11) is -1.57. The highest BCUT2D eigenvalue weighted by molar-refractivity contribution is 7.89. The van der Waals surface area contributed by atoms with E-state index < -0.39 is 16.0 Å². The normalized spacial score (nSPS) is 12.2. The summed E-state index contributed by atoms with van der Waals surface area (Å²) < 4.78 is 26.4. The zero-order chi connectivity index (χ0) is 16.0. The van der Waals surface area contributed by atoms with Crippen molar-refractivity contribution in [2.75, 3.05) is 20.1 Å². The zero-order valence-electron chi connectivity index (χ0n) is 12.5. The van der Waals surface area contributed by atoms with Crippen LogP contribution in [0.5, 0.6) is 0 Å². The summed E-state index contributed by atoms with van der Waals surface area (Å²) in [6.45, 7) is 5.49. The van der Waals surface area contributed by atoms with Gasteiger partial charge in [0.1, 0.15) is 4.88 Å². The van der Waals surface area contributed by atoms with E-state index >= 15 is 0 Å². The number of hydrogen-bond acceptors (Lipinski definition) is 5. The van der Waals surface area contributed by atoms with Crippen LogP contribution in [0.2, 0.25) is 0 Å². The van der Waals surface area contributed by atoms with E-state index in [1.165, 1.54) is 11.4 Å². The van der Waals surface area contributed by atoms with Gasteiger partial charge in [0.25, 0.3) is 0 Å². The summed E-state index contributed by atoms with van der Waals surface area (Å²) >= 11 is 0.910. The standard InChI is InChI=1S/C13H22N2O4S2/c1-10(2)15(3)7-5-4-6-14-21(18,19)11-8-12(13(16)17)20-9-11/h8-10,14H,4-7H2,1-3H3,(H,16,17). The summed E-state index contributed by atoms with van der Waals surface area (Å²) in [6.07, 6.45) is 1.65. The predicted octanol–water partition coefficient (Wildman–Crippen LogP) is 1.84. The third-order valence-electron chi connectivity index (χ3n) is 3.21. The number of carboxylic acids is 1. The van der Waals surface area contributed by atoms with E-state index in [9.17, 15) is 13.2 Å². The number of thiophene rings is 1. The molecule has 21 heavy (non-hydrogen) atoms. The zero-order valence-corrected chi connectivity index (χ0v) is 14.1. The lowest BCUT2D eigenvalue weighted by molar-refractivity contribution is 0.0702. The minimum absolute atomic E-state index is 0.0178. The molecule has 1 aromatic heterocycles. The number of aromatic carboxylic acids is 1. The fourth-order valence-electron chi connectivity index (χ4n) is 1.61. The molecule has 0 fully saturated rings. The number of nitrogens with one attached hydrogen (secondary N) is 1. The van der Waals surface area contributed by atoms with Gasteiger partial charge in [-0.15, -0.1) is 11.3 Å². The Kier molecular flexibility index (Phi) is 6.79. The summed E-state index contributed by atoms with van der Waals surface area (Å²) in [6, 6.07) is 1.66. The molecule has 0 atom stereocenters. The number of unbranched alkanes of at least 4 members (excludes halogenated alkanes) is 1. The van der Waals surface area contributed by atoms with Gasteiger partial charge in [-0.1, -0.05) is 0 Å². The second-order valence-electron chi connectivity index (χ2n) is 5.13. The SMILES string of the molecule is CC(C)N(C)CCCCNS(=O)(=O)c1csc(C(=O)O)c1. The first kappa shape index (κ1) is 18.1. The van der Waals surface area contributed by atoms with Gasteiger partial charge in [0, 0.05) is 18.0 Å². The van der Waals surface area contributed by atoms with Gasteiger partial charge in [-0.3, -0.25) is 0 Å². The lowest BCUT2D eigenvalue weighted by atomic mass is 10.2. The maximum absolute atomic E-state index is 12.0. The van der Waals surface area contributed by atoms with E-state index in [1.807, 2.05) is 7.05 Å². The molecule has 0 saturated carbocycles. The van der Waals surface area contributed by atoms with Crippen LogP contribution in [-0.4, -0.2) is 50.6 Å². The Morgan fingerprint density at radius 1 is 1.43 bits per heavy atom. The second kappa shape index (κ2) is 7.88. The van der Waals surface area contributed by atoms with Crippen molar-refractivity contribution in [2.24, 2.45) is 0 Å². The van der Waals surface area contributed by atoms with Crippen LogP contribution >= 0.6 is 11.3 Å². The summed E-state index contributed by atoms with van der Waals surface area (Å²) in [4.78, 5) is 13.0. The molecule has 0 aliphatic carbocycles. The monoisotopic (exact) mass is 334 g/mol. The number of carboxylic acid groups (broad SMARTS) is 1. The highest BCUT2D eigenvalue weighted by Crippen LogP contribution is 2.19. The quantitative estimate of drug-likeness (QED) is 0.673. The molecule has 0 unspecified atom stereocenters. The van der Waals surface area contributed by atoms with Gasteiger partial charge in [0.15, 0.2) is 0 Å². The lowest BCUT2D eigenvalue weighted by Gasteiger charge is -2.20. The van der Waals surface area contributed by atoms with Crippen molar-refractivity contribution in [3.05, 3.63) is 16.3 Å². The average Bonchev–Trinajstić information content (AvgIpc) is 2.88. The van der Waals surface area contributed by atoms with E-state index in [-0.39, 0.29) is 9.77 Å². The Labute approximate surface area is 129 Å². The van der Waals surface area contributed by atoms with E-state index in [0.717, 1.165) is 30.7 Å². The Hall–Kier alpha value is -0.960. The predicted molar refractivity (Wildman–Crippen MR) is 83.5 cm³/mol. The molecule has 0 aromatic carbocycles. The highest BCUT2D eigenvalue weighted by atomic mass is 32.2. The molecule has 120 valence electrons. The molecule has 8 heteroatoms. The minimum Gasteiger partial charge on any atom is -0.477 e. The molecule has 0 aliphatic rings. The second-order valence-corrected chi connectivity index (χ2v) is 7.81. The molecule has 1 rings (SSSR count). The number of hydrogen-bond donors (Lipinski definition) is 2. The fraction of sp³-hybridized carbons (Fsp3) is 0.615. The van der Waals surface area contributed by atoms with E-state index in [2.05, 4.69) is 23.5 Å². The van der Waals surface area contributed by atoms with Crippen molar-refractivity contribution >= 4 is 27.3 Å². The third-order valence-corrected chi connectivity index (χ3v) is 5.72. The van der Waals surface area contributed by atoms with E-state index in [0.29, 0.717) is 12.6 Å². The van der Waals surface area contributed by atoms with Gasteiger partial charge < -0.3 is 10.0 Å². The van der Waals surface area contributed by atoms with Crippen LogP contribution < -0.4 is 4.72 Å². The van der Waals surface area contributed by atoms with Crippen LogP contribution in [0, 0.1) is 0 Å². The van der Waals surface area contributed by atoms with Crippen LogP contribution in [0.15, 0.2) is 16.3 Å². The van der Waals surface area contributed by atoms with Crippen molar-refractivity contribution in [1.82, 2.24) is 9.62 Å². The first-order chi connectivity index (χ1) is 9.74. The molecule has 0 radical (unpaired) electrons. The average molecular weight is 334 g/mol. The molecule has 0 bridgehead atoms. The molecule has 2 N–H and O–H groups in total. The summed E-state index contributed by atoms with van der Waals surface area (Å²) in [5.74, 6) is -1.11. The van der Waals surface area contributed by atoms with Gasteiger partial charge >= 0.3 is 5.97 Å². The number of sulfonamides is 1. The van der Waals surface area contributed by atoms with Gasteiger partial charge in [-0.25, -0.2) is 17.9 Å². The Balaban J connectivity index is 2.41. The Bertz CT molecular complexity index is 566. The lowest BCUT2D eigenvalue weighted by Crippen LogP contribution is -2.29. The fourth-order valence-corrected chi connectivity index (χ4v) is 3.79. The topological polar surface area (TPSA) is 86.7 Å². The molecule has 6 nitrogen and oxygen atoms in total. The number of rotatable bonds is 9. The van der Waals surface area contributed by atoms with Crippen molar-refractivity contribution in [1.29, 1.82) is 0 Å². The van der Waals surface area contributed by atoms with Crippen molar-refractivity contribution in [2.45, 2.75) is 37.6 Å². The van der Waals surface area contributed by atoms with Gasteiger partial charge in [-0.2, -0.15) is 0 Å². The molecule has 0 aliphatic heterocycles. The molecule has 1 aromatic rings. The van der Waals surface area contributed by atoms with Crippen LogP contribution in [0.4, 0.5) is 0 Å². The molecular weight excluding hydrogens is 312 g/mol. The van der Waals surface area contributed by atoms with Crippen LogP contribution in [0.25, 0.3) is 0 Å². The highest BCUT2D eigenvalue weighted by Gasteiger charge is 2.17. The maximum atomic E-state index is 12.0. The minimum atomic E-state index is -3.61. The van der Waals surface area contributed by atoms with Crippen molar-refractivity contribution in [3.8, 4) is 0 Å². The molecule has 0 saturated heterocycles. The molecule has 0 spiro atoms. The van der Waals surface area contributed by atoms with Crippen molar-refractivity contribution in [3.63, 3.8) is 0 Å². The molecule has 0 amide bonds. The first-order valence-corrected chi connectivity index (χ1v) is 9.12. The number of nitrogens with zero attached hydrogens (tertiary/aromatic N) is 1. The largest absolute Gasteiger partial charge is 0.477 e. The van der Waals surface area contributed by atoms with Crippen LogP contribution in [-0.2, 0) is 10.0 Å². The van der Waals surface area contributed by atoms with Gasteiger partial charge in [0.2, 0.25) is 10.0 Å². The van der Waals surface area contributed by atoms with Gasteiger partial charge in [-0.05, 0) is 46.3 Å². The van der Waals surface area contributed by atoms with Crippen LogP contribution in [0.3, 0.4) is 0 Å². The smallest absolute Gasteiger partial charge is 0.345 e. The van der Waals surface area contributed by atoms with Gasteiger partial charge in [0.05, 0.1) is 4.90 Å². The summed E-state index contributed by atoms with van der Waals surface area (Å²) in [5, 5.41) is 10.1. The molecular formula is C13H22N2O4S2. The summed E-state index contributed by atoms with van der Waals surface area (Å²) in [5.41, 5.74) is 0. The Morgan fingerprint density at radius 3 is 2.62 bits per heavy atom. The van der Waals surface area contributed by atoms with E-state index in [4.69, 9.17) is 5.11 Å². The van der Waals surface area contributed by atoms with Crippen molar-refractivity contribution < 1.29 is 18.3 Å². The number of carbonyl (C=O) groups is 1. The molecule has 1 heterocycles. The Morgan fingerprint density at radius 2 is 2.10 bits per heavy atom. The maximum Gasteiger partial charge on any atom is 0.345 e. The van der Waals surface area contributed by atoms with E-state index in [1.54, 1.807) is 0 Å². The third kappa shape index (κ3) is 5.74.